The number of nitrogens with zero attached hydrogens (tertiary/aromatic N) is 4. The fourth-order valence-corrected chi connectivity index (χ4v) is 4.54. The van der Waals surface area contributed by atoms with Crippen molar-refractivity contribution in [2.45, 2.75) is 31.9 Å². The summed E-state index contributed by atoms with van der Waals surface area (Å²) in [5.74, 6) is 0.790. The highest BCUT2D eigenvalue weighted by molar-refractivity contribution is 5.83. The highest BCUT2D eigenvalue weighted by atomic mass is 16.5. The van der Waals surface area contributed by atoms with Crippen LogP contribution >= 0.6 is 0 Å². The van der Waals surface area contributed by atoms with Crippen LogP contribution in [-0.4, -0.2) is 40.9 Å². The Hall–Kier alpha value is -3.46. The third-order valence-electron chi connectivity index (χ3n) is 6.04. The molecule has 2 aromatic heterocycles. The molecule has 0 unspecified atom stereocenters. The van der Waals surface area contributed by atoms with Gasteiger partial charge in [0.05, 0.1) is 23.3 Å². The van der Waals surface area contributed by atoms with Crippen molar-refractivity contribution >= 4 is 17.1 Å². The molecule has 1 amide bonds. The van der Waals surface area contributed by atoms with Crippen molar-refractivity contribution in [3.63, 3.8) is 0 Å². The Labute approximate surface area is 175 Å². The summed E-state index contributed by atoms with van der Waals surface area (Å²) in [5, 5.41) is 9.77. The second kappa shape index (κ2) is 7.75. The summed E-state index contributed by atoms with van der Waals surface area (Å²) in [6.45, 7) is 2.64. The number of benzene rings is 1. The molecule has 6 nitrogen and oxygen atoms in total. The fraction of sp³-hybridized carbons (Fsp3) is 0.333. The van der Waals surface area contributed by atoms with Gasteiger partial charge in [0.25, 0.3) is 5.91 Å². The van der Waals surface area contributed by atoms with E-state index in [1.54, 1.807) is 0 Å². The van der Waals surface area contributed by atoms with Gasteiger partial charge in [-0.3, -0.25) is 4.79 Å². The van der Waals surface area contributed by atoms with Crippen molar-refractivity contribution < 1.29 is 9.53 Å². The Balaban J connectivity index is 1.46. The number of ether oxygens (including phenoxy) is 1. The number of nitriles is 1. The van der Waals surface area contributed by atoms with E-state index < -0.39 is 6.10 Å². The Kier molecular flexibility index (Phi) is 4.80. The van der Waals surface area contributed by atoms with Crippen LogP contribution in [0.1, 0.15) is 30.4 Å². The van der Waals surface area contributed by atoms with Gasteiger partial charge in [-0.05, 0) is 43.5 Å². The summed E-state index contributed by atoms with van der Waals surface area (Å²) in [5.41, 5.74) is 3.49. The van der Waals surface area contributed by atoms with Gasteiger partial charge in [-0.1, -0.05) is 18.2 Å². The van der Waals surface area contributed by atoms with Gasteiger partial charge >= 0.3 is 0 Å². The topological polar surface area (TPSA) is 61.0 Å². The molecule has 4 heterocycles. The van der Waals surface area contributed by atoms with Gasteiger partial charge in [0.1, 0.15) is 11.8 Å². The molecule has 0 radical (unpaired) electrons. The number of amides is 1. The third kappa shape index (κ3) is 3.26. The van der Waals surface area contributed by atoms with E-state index in [2.05, 4.69) is 11.0 Å². The summed E-state index contributed by atoms with van der Waals surface area (Å²) in [7, 11) is 0. The van der Waals surface area contributed by atoms with Crippen molar-refractivity contribution in [2.75, 3.05) is 24.5 Å². The number of piperidine rings is 1. The van der Waals surface area contributed by atoms with Gasteiger partial charge in [-0.25, -0.2) is 0 Å². The molecule has 152 valence electrons. The minimum Gasteiger partial charge on any atom is -0.477 e. The van der Waals surface area contributed by atoms with Crippen molar-refractivity contribution in [1.82, 2.24) is 9.30 Å². The number of likely N-dealkylation sites (tertiary alicyclic amines) is 1. The number of aromatic nitrogens is 1. The number of pyridine rings is 1. The Morgan fingerprint density at radius 3 is 2.73 bits per heavy atom. The first kappa shape index (κ1) is 18.6. The first-order valence-electron chi connectivity index (χ1n) is 10.5. The van der Waals surface area contributed by atoms with Crippen LogP contribution in [0.2, 0.25) is 0 Å². The highest BCUT2D eigenvalue weighted by Gasteiger charge is 2.34. The highest BCUT2D eigenvalue weighted by Crippen LogP contribution is 2.35. The molecule has 1 fully saturated rings. The van der Waals surface area contributed by atoms with Gasteiger partial charge in [-0.2, -0.15) is 5.26 Å². The molecule has 1 aromatic carbocycles. The molecule has 1 saturated heterocycles. The Bertz CT molecular complexity index is 1120. The average molecular weight is 400 g/mol. The molecule has 2 aliphatic rings. The molecular weight excluding hydrogens is 376 g/mol. The predicted molar refractivity (Wildman–Crippen MR) is 114 cm³/mol. The van der Waals surface area contributed by atoms with Gasteiger partial charge < -0.3 is 18.9 Å². The molecule has 0 bridgehead atoms. The SMILES string of the molecule is N#Cc1c(CN2C[C@H](C(=O)N3CCCCC3)Oc3ccccc32)cn2ccccc12. The van der Waals surface area contributed by atoms with Crippen LogP contribution in [0, 0.1) is 11.3 Å². The van der Waals surface area contributed by atoms with Crippen LogP contribution in [0.5, 0.6) is 5.75 Å². The maximum atomic E-state index is 13.1. The van der Waals surface area contributed by atoms with Crippen molar-refractivity contribution in [2.24, 2.45) is 0 Å². The van der Waals surface area contributed by atoms with Crippen LogP contribution in [0.15, 0.2) is 54.9 Å². The molecule has 6 heteroatoms. The van der Waals surface area contributed by atoms with E-state index in [4.69, 9.17) is 4.74 Å². The summed E-state index contributed by atoms with van der Waals surface area (Å²) in [4.78, 5) is 17.2. The summed E-state index contributed by atoms with van der Waals surface area (Å²) >= 11 is 0. The lowest BCUT2D eigenvalue weighted by atomic mass is 10.1. The number of hydrogen-bond donors (Lipinski definition) is 0. The fourth-order valence-electron chi connectivity index (χ4n) is 4.54. The zero-order valence-corrected chi connectivity index (χ0v) is 16.8. The van der Waals surface area contributed by atoms with E-state index in [0.717, 1.165) is 48.4 Å². The molecule has 0 spiro atoms. The van der Waals surface area contributed by atoms with Crippen molar-refractivity contribution in [1.29, 1.82) is 5.26 Å². The zero-order chi connectivity index (χ0) is 20.5. The molecule has 0 N–H and O–H groups in total. The molecule has 0 saturated carbocycles. The van der Waals surface area contributed by atoms with E-state index in [0.29, 0.717) is 18.7 Å². The average Bonchev–Trinajstić information content (AvgIpc) is 3.16. The lowest BCUT2D eigenvalue weighted by Gasteiger charge is -2.38. The van der Waals surface area contributed by atoms with Crippen LogP contribution in [0.3, 0.4) is 0 Å². The lowest BCUT2D eigenvalue weighted by Crippen LogP contribution is -2.51. The number of carbonyl (C=O) groups is 1. The van der Waals surface area contributed by atoms with E-state index >= 15 is 0 Å². The molecular formula is C24H24N4O2. The molecule has 3 aromatic rings. The standard InChI is InChI=1S/C24H24N4O2/c25-14-19-18(15-27-13-7-4-8-20(19)27)16-28-17-23(24(29)26-11-5-1-6-12-26)30-22-10-3-2-9-21(22)28/h2-4,7-10,13,15,23H,1,5-6,11-12,16-17H2/t23-/m1/s1. The Morgan fingerprint density at radius 2 is 1.90 bits per heavy atom. The number of carbonyl (C=O) groups excluding carboxylic acids is 1. The number of hydrogen-bond acceptors (Lipinski definition) is 4. The van der Waals surface area contributed by atoms with Gasteiger partial charge in [0.2, 0.25) is 0 Å². The zero-order valence-electron chi connectivity index (χ0n) is 16.8. The molecule has 0 aliphatic carbocycles. The summed E-state index contributed by atoms with van der Waals surface area (Å²) in [6, 6.07) is 16.0. The van der Waals surface area contributed by atoms with Crippen molar-refractivity contribution in [3.8, 4) is 11.8 Å². The van der Waals surface area contributed by atoms with Crippen molar-refractivity contribution in [3.05, 3.63) is 66.0 Å². The first-order valence-corrected chi connectivity index (χ1v) is 10.5. The van der Waals surface area contributed by atoms with Gasteiger partial charge in [0, 0.05) is 37.6 Å². The van der Waals surface area contributed by atoms with Crippen LogP contribution in [-0.2, 0) is 11.3 Å². The predicted octanol–water partition coefficient (Wildman–Crippen LogP) is 3.59. The molecule has 5 rings (SSSR count). The first-order chi connectivity index (χ1) is 14.7. The van der Waals surface area contributed by atoms with E-state index in [9.17, 15) is 10.1 Å². The third-order valence-corrected chi connectivity index (χ3v) is 6.04. The lowest BCUT2D eigenvalue weighted by molar-refractivity contribution is -0.139. The second-order valence-corrected chi connectivity index (χ2v) is 7.97. The minimum absolute atomic E-state index is 0.0664. The van der Waals surface area contributed by atoms with Crippen LogP contribution in [0.25, 0.3) is 5.52 Å². The Morgan fingerprint density at radius 1 is 1.10 bits per heavy atom. The monoisotopic (exact) mass is 400 g/mol. The quantitative estimate of drug-likeness (QED) is 0.674. The molecule has 2 aliphatic heterocycles. The smallest absolute Gasteiger partial charge is 0.265 e. The maximum absolute atomic E-state index is 13.1. The van der Waals surface area contributed by atoms with E-state index in [1.807, 2.05) is 64.2 Å². The summed E-state index contributed by atoms with van der Waals surface area (Å²) < 4.78 is 8.11. The molecule has 30 heavy (non-hydrogen) atoms. The molecule has 1 atom stereocenters. The number of rotatable bonds is 3. The van der Waals surface area contributed by atoms with Crippen LogP contribution < -0.4 is 9.64 Å². The number of anilines is 1. The normalized spacial score (nSPS) is 18.6. The second-order valence-electron chi connectivity index (χ2n) is 7.97. The number of fused-ring (bicyclic) bond motifs is 2. The largest absolute Gasteiger partial charge is 0.477 e. The van der Waals surface area contributed by atoms with Gasteiger partial charge in [-0.15, -0.1) is 0 Å². The van der Waals surface area contributed by atoms with E-state index in [1.165, 1.54) is 6.42 Å². The number of para-hydroxylation sites is 2. The van der Waals surface area contributed by atoms with Gasteiger partial charge in [0.15, 0.2) is 6.10 Å². The van der Waals surface area contributed by atoms with E-state index in [-0.39, 0.29) is 5.91 Å². The summed E-state index contributed by atoms with van der Waals surface area (Å²) in [6.07, 6.45) is 6.73. The maximum Gasteiger partial charge on any atom is 0.265 e. The minimum atomic E-state index is -0.527. The van der Waals surface area contributed by atoms with Crippen LogP contribution in [0.4, 0.5) is 5.69 Å².